The van der Waals surface area contributed by atoms with Crippen LogP contribution < -0.4 is 0 Å². The van der Waals surface area contributed by atoms with Crippen molar-refractivity contribution in [1.82, 2.24) is 4.90 Å². The van der Waals surface area contributed by atoms with Crippen LogP contribution in [0.3, 0.4) is 0 Å². The van der Waals surface area contributed by atoms with E-state index in [-0.39, 0.29) is 11.9 Å². The van der Waals surface area contributed by atoms with Crippen LogP contribution in [-0.4, -0.2) is 11.4 Å². The molecule has 1 unspecified atom stereocenters. The molecule has 1 aromatic heterocycles. The standard InChI is InChI=1S/C23H26FNS/c1-15(2)12-19-13-18-14-25(11-10-22(18)26-19)23(16(3)17-8-9-17)20-6-4-5-7-21(20)24/h4-7,13,17,23H,1,3,8-12,14H2,2H3. The Morgan fingerprint density at radius 3 is 2.77 bits per heavy atom. The molecule has 0 saturated heterocycles. The summed E-state index contributed by atoms with van der Waals surface area (Å²) in [4.78, 5) is 5.31. The van der Waals surface area contributed by atoms with Crippen molar-refractivity contribution in [2.45, 2.75) is 45.2 Å². The first-order valence-corrected chi connectivity index (χ1v) is 10.3. The van der Waals surface area contributed by atoms with Gasteiger partial charge in [0, 0.05) is 34.8 Å². The molecule has 0 spiro atoms. The van der Waals surface area contributed by atoms with Crippen LogP contribution in [0.5, 0.6) is 0 Å². The minimum absolute atomic E-state index is 0.0126. The maximum atomic E-state index is 14.6. The van der Waals surface area contributed by atoms with Crippen LogP contribution in [0.25, 0.3) is 0 Å². The van der Waals surface area contributed by atoms with E-state index in [0.29, 0.717) is 5.92 Å². The smallest absolute Gasteiger partial charge is 0.128 e. The van der Waals surface area contributed by atoms with E-state index in [2.05, 4.69) is 31.0 Å². The van der Waals surface area contributed by atoms with Crippen LogP contribution in [0.1, 0.15) is 46.7 Å². The molecule has 2 aromatic rings. The van der Waals surface area contributed by atoms with Gasteiger partial charge in [0.25, 0.3) is 0 Å². The number of allylic oxidation sites excluding steroid dienone is 1. The molecule has 26 heavy (non-hydrogen) atoms. The molecular weight excluding hydrogens is 341 g/mol. The SMILES string of the molecule is C=C(C)Cc1cc2c(s1)CCN(C(C(=C)C1CC1)c1ccccc1F)C2. The van der Waals surface area contributed by atoms with Gasteiger partial charge in [-0.05, 0) is 49.8 Å². The lowest BCUT2D eigenvalue weighted by molar-refractivity contribution is 0.197. The number of benzene rings is 1. The predicted molar refractivity (Wildman–Crippen MR) is 108 cm³/mol. The number of fused-ring (bicyclic) bond motifs is 1. The highest BCUT2D eigenvalue weighted by Gasteiger charge is 2.36. The molecule has 3 heteroatoms. The molecule has 2 aliphatic rings. The maximum Gasteiger partial charge on any atom is 0.128 e. The maximum absolute atomic E-state index is 14.6. The third-order valence-corrected chi connectivity index (χ3v) is 6.68. The third-order valence-electron chi connectivity index (χ3n) is 5.44. The molecule has 136 valence electrons. The van der Waals surface area contributed by atoms with Crippen molar-refractivity contribution < 1.29 is 4.39 Å². The Hall–Kier alpha value is -1.71. The van der Waals surface area contributed by atoms with Gasteiger partial charge in [0.05, 0.1) is 6.04 Å². The van der Waals surface area contributed by atoms with Crippen LogP contribution in [-0.2, 0) is 19.4 Å². The summed E-state index contributed by atoms with van der Waals surface area (Å²) in [5.41, 5.74) is 4.58. The Kier molecular flexibility index (Phi) is 4.85. The summed E-state index contributed by atoms with van der Waals surface area (Å²) < 4.78 is 14.6. The quantitative estimate of drug-likeness (QED) is 0.560. The number of hydrogen-bond acceptors (Lipinski definition) is 2. The van der Waals surface area contributed by atoms with Gasteiger partial charge < -0.3 is 0 Å². The predicted octanol–water partition coefficient (Wildman–Crippen LogP) is 6.07. The fourth-order valence-electron chi connectivity index (χ4n) is 4.03. The number of halogens is 1. The second-order valence-electron chi connectivity index (χ2n) is 7.79. The molecule has 1 aliphatic heterocycles. The largest absolute Gasteiger partial charge is 0.288 e. The first kappa shape index (κ1) is 17.7. The van der Waals surface area contributed by atoms with Crippen LogP contribution in [0.2, 0.25) is 0 Å². The van der Waals surface area contributed by atoms with Gasteiger partial charge in [-0.25, -0.2) is 4.39 Å². The Morgan fingerprint density at radius 2 is 2.08 bits per heavy atom. The molecule has 1 atom stereocenters. The Bertz CT molecular complexity index is 846. The minimum atomic E-state index is -0.113. The zero-order valence-corrected chi connectivity index (χ0v) is 16.2. The summed E-state index contributed by atoms with van der Waals surface area (Å²) in [5, 5.41) is 0. The molecular formula is C23H26FNS. The Balaban J connectivity index is 1.63. The van der Waals surface area contributed by atoms with Crippen molar-refractivity contribution in [1.29, 1.82) is 0 Å². The number of rotatable bonds is 6. The fourth-order valence-corrected chi connectivity index (χ4v) is 5.31. The average molecular weight is 368 g/mol. The lowest BCUT2D eigenvalue weighted by Crippen LogP contribution is -2.35. The molecule has 0 radical (unpaired) electrons. The number of hydrogen-bond donors (Lipinski definition) is 0. The molecule has 1 aromatic carbocycles. The normalized spacial score (nSPS) is 18.4. The highest BCUT2D eigenvalue weighted by Crippen LogP contribution is 2.45. The molecule has 1 aliphatic carbocycles. The van der Waals surface area contributed by atoms with E-state index < -0.39 is 0 Å². The summed E-state index contributed by atoms with van der Waals surface area (Å²) in [7, 11) is 0. The summed E-state index contributed by atoms with van der Waals surface area (Å²) in [6, 6.07) is 9.54. The van der Waals surface area contributed by atoms with Gasteiger partial charge in [-0.1, -0.05) is 42.5 Å². The third kappa shape index (κ3) is 3.56. The zero-order valence-electron chi connectivity index (χ0n) is 15.4. The van der Waals surface area contributed by atoms with Gasteiger partial charge in [0.2, 0.25) is 0 Å². The summed E-state index contributed by atoms with van der Waals surface area (Å²) in [6.45, 7) is 12.4. The van der Waals surface area contributed by atoms with Crippen molar-refractivity contribution in [3.05, 3.63) is 81.3 Å². The van der Waals surface area contributed by atoms with E-state index in [0.717, 1.165) is 31.5 Å². The van der Waals surface area contributed by atoms with Crippen molar-refractivity contribution >= 4 is 11.3 Å². The second-order valence-corrected chi connectivity index (χ2v) is 9.01. The molecule has 1 nitrogen and oxygen atoms in total. The topological polar surface area (TPSA) is 3.24 Å². The Labute approximate surface area is 159 Å². The minimum Gasteiger partial charge on any atom is -0.288 e. The highest BCUT2D eigenvalue weighted by molar-refractivity contribution is 7.12. The van der Waals surface area contributed by atoms with Crippen molar-refractivity contribution in [3.63, 3.8) is 0 Å². The Morgan fingerprint density at radius 1 is 1.31 bits per heavy atom. The van der Waals surface area contributed by atoms with Gasteiger partial charge >= 0.3 is 0 Å². The molecule has 2 heterocycles. The van der Waals surface area contributed by atoms with Gasteiger partial charge in [0.15, 0.2) is 0 Å². The lowest BCUT2D eigenvalue weighted by atomic mass is 9.92. The first-order valence-electron chi connectivity index (χ1n) is 9.45. The first-order chi connectivity index (χ1) is 12.5. The van der Waals surface area contributed by atoms with Crippen molar-refractivity contribution in [3.8, 4) is 0 Å². The van der Waals surface area contributed by atoms with Crippen molar-refractivity contribution in [2.24, 2.45) is 5.92 Å². The molecule has 4 rings (SSSR count). The molecule has 0 bridgehead atoms. The van der Waals surface area contributed by atoms with E-state index in [1.807, 2.05) is 23.5 Å². The molecule has 0 amide bonds. The zero-order chi connectivity index (χ0) is 18.3. The second kappa shape index (κ2) is 7.13. The van der Waals surface area contributed by atoms with Gasteiger partial charge in [-0.3, -0.25) is 4.90 Å². The highest BCUT2D eigenvalue weighted by atomic mass is 32.1. The fraction of sp³-hybridized carbons (Fsp3) is 0.391. The van der Waals surface area contributed by atoms with Crippen LogP contribution >= 0.6 is 11.3 Å². The van der Waals surface area contributed by atoms with Gasteiger partial charge in [-0.15, -0.1) is 11.3 Å². The molecule has 1 saturated carbocycles. The van der Waals surface area contributed by atoms with E-state index in [9.17, 15) is 4.39 Å². The lowest BCUT2D eigenvalue weighted by Gasteiger charge is -2.36. The average Bonchev–Trinajstić information content (AvgIpc) is 3.37. The number of thiophene rings is 1. The number of nitrogens with zero attached hydrogens (tertiary/aromatic N) is 1. The van der Waals surface area contributed by atoms with E-state index >= 15 is 0 Å². The van der Waals surface area contributed by atoms with Gasteiger partial charge in [-0.2, -0.15) is 0 Å². The van der Waals surface area contributed by atoms with Crippen molar-refractivity contribution in [2.75, 3.05) is 6.54 Å². The summed E-state index contributed by atoms with van der Waals surface area (Å²) in [5.74, 6) is 0.445. The van der Waals surface area contributed by atoms with E-state index in [1.54, 1.807) is 12.1 Å². The molecule has 0 N–H and O–H groups in total. The van der Waals surface area contributed by atoms with Crippen LogP contribution in [0.15, 0.2) is 54.6 Å². The summed E-state index contributed by atoms with van der Waals surface area (Å²) in [6.07, 6.45) is 4.40. The van der Waals surface area contributed by atoms with Crippen LogP contribution in [0.4, 0.5) is 4.39 Å². The molecule has 1 fully saturated rings. The van der Waals surface area contributed by atoms with E-state index in [1.165, 1.54) is 39.3 Å². The van der Waals surface area contributed by atoms with E-state index in [4.69, 9.17) is 0 Å². The monoisotopic (exact) mass is 367 g/mol. The summed E-state index contributed by atoms with van der Waals surface area (Å²) >= 11 is 1.92. The van der Waals surface area contributed by atoms with Crippen LogP contribution in [0, 0.1) is 11.7 Å². The van der Waals surface area contributed by atoms with Gasteiger partial charge in [0.1, 0.15) is 5.82 Å².